The van der Waals surface area contributed by atoms with E-state index >= 15 is 0 Å². The average Bonchev–Trinajstić information content (AvgIpc) is 2.92. The van der Waals surface area contributed by atoms with Crippen LogP contribution >= 0.6 is 0 Å². The number of aliphatic carboxylic acids is 1. The molecule has 8 nitrogen and oxygen atoms in total. The lowest BCUT2D eigenvalue weighted by molar-refractivity contribution is -0.138. The monoisotopic (exact) mass is 276 g/mol. The van der Waals surface area contributed by atoms with E-state index in [2.05, 4.69) is 15.5 Å². The van der Waals surface area contributed by atoms with Gasteiger partial charge in [0.15, 0.2) is 0 Å². The van der Waals surface area contributed by atoms with Crippen molar-refractivity contribution in [2.45, 2.75) is 12.5 Å². The van der Waals surface area contributed by atoms with E-state index in [4.69, 9.17) is 15.3 Å². The molecule has 1 amide bonds. The second-order valence-corrected chi connectivity index (χ2v) is 4.02. The van der Waals surface area contributed by atoms with Gasteiger partial charge in [0, 0.05) is 11.3 Å². The van der Waals surface area contributed by atoms with Gasteiger partial charge in [-0.15, -0.1) is 10.2 Å². The molecule has 0 fully saturated rings. The summed E-state index contributed by atoms with van der Waals surface area (Å²) in [7, 11) is 0. The number of amides is 1. The molecule has 0 aliphatic carbocycles. The minimum Gasteiger partial charge on any atom is -0.481 e. The Morgan fingerprint density at radius 1 is 1.45 bits per heavy atom. The number of nitrogens with two attached hydrogens (primary N) is 1. The van der Waals surface area contributed by atoms with Gasteiger partial charge in [-0.1, -0.05) is 6.07 Å². The van der Waals surface area contributed by atoms with E-state index in [1.807, 2.05) is 0 Å². The van der Waals surface area contributed by atoms with Gasteiger partial charge in [-0.05, 0) is 18.2 Å². The SMILES string of the molecule is NC(CC(=O)O)C(=O)Nc1cccc(-c2nnco2)c1. The number of carboxylic acids is 1. The number of carboxylic acid groups (broad SMARTS) is 1. The summed E-state index contributed by atoms with van der Waals surface area (Å²) in [6, 6.07) is 5.59. The third-order valence-corrected chi connectivity index (χ3v) is 2.47. The van der Waals surface area contributed by atoms with Gasteiger partial charge >= 0.3 is 5.97 Å². The highest BCUT2D eigenvalue weighted by Gasteiger charge is 2.17. The molecule has 104 valence electrons. The van der Waals surface area contributed by atoms with E-state index in [-0.39, 0.29) is 0 Å². The molecule has 1 unspecified atom stereocenters. The fraction of sp³-hybridized carbons (Fsp3) is 0.167. The molecular formula is C12H12N4O4. The number of hydrogen-bond donors (Lipinski definition) is 3. The number of nitrogens with zero attached hydrogens (tertiary/aromatic N) is 2. The minimum atomic E-state index is -1.13. The molecule has 1 atom stereocenters. The average molecular weight is 276 g/mol. The van der Waals surface area contributed by atoms with E-state index in [0.717, 1.165) is 0 Å². The van der Waals surface area contributed by atoms with Crippen LogP contribution in [0.5, 0.6) is 0 Å². The molecule has 0 spiro atoms. The largest absolute Gasteiger partial charge is 0.481 e. The summed E-state index contributed by atoms with van der Waals surface area (Å²) in [5.74, 6) is -1.39. The molecule has 2 aromatic rings. The number of carbonyl (C=O) groups is 2. The highest BCUT2D eigenvalue weighted by molar-refractivity contribution is 5.97. The fourth-order valence-electron chi connectivity index (χ4n) is 1.54. The van der Waals surface area contributed by atoms with Crippen molar-refractivity contribution in [3.05, 3.63) is 30.7 Å². The molecular weight excluding hydrogens is 264 g/mol. The number of aromatic nitrogens is 2. The molecule has 0 aliphatic rings. The molecule has 0 saturated heterocycles. The van der Waals surface area contributed by atoms with Crippen LogP contribution in [0.15, 0.2) is 35.1 Å². The lowest BCUT2D eigenvalue weighted by Crippen LogP contribution is -2.37. The van der Waals surface area contributed by atoms with Crippen molar-refractivity contribution >= 4 is 17.6 Å². The van der Waals surface area contributed by atoms with Gasteiger partial charge in [-0.2, -0.15) is 0 Å². The molecule has 0 radical (unpaired) electrons. The van der Waals surface area contributed by atoms with Crippen LogP contribution in [0.4, 0.5) is 5.69 Å². The second-order valence-electron chi connectivity index (χ2n) is 4.02. The van der Waals surface area contributed by atoms with Gasteiger partial charge in [0.25, 0.3) is 0 Å². The number of carbonyl (C=O) groups excluding carboxylic acids is 1. The van der Waals surface area contributed by atoms with Gasteiger partial charge in [-0.25, -0.2) is 0 Å². The highest BCUT2D eigenvalue weighted by atomic mass is 16.4. The molecule has 20 heavy (non-hydrogen) atoms. The Balaban J connectivity index is 2.08. The van der Waals surface area contributed by atoms with Crippen LogP contribution in [0.25, 0.3) is 11.5 Å². The summed E-state index contributed by atoms with van der Waals surface area (Å²) < 4.78 is 5.04. The smallest absolute Gasteiger partial charge is 0.305 e. The minimum absolute atomic E-state index is 0.316. The Kier molecular flexibility index (Phi) is 4.06. The first-order valence-electron chi connectivity index (χ1n) is 5.71. The second kappa shape index (κ2) is 5.93. The molecule has 4 N–H and O–H groups in total. The van der Waals surface area contributed by atoms with Crippen LogP contribution in [0, 0.1) is 0 Å². The highest BCUT2D eigenvalue weighted by Crippen LogP contribution is 2.20. The first kappa shape index (κ1) is 13.7. The van der Waals surface area contributed by atoms with E-state index in [9.17, 15) is 9.59 Å². The normalized spacial score (nSPS) is 11.8. The van der Waals surface area contributed by atoms with Crippen molar-refractivity contribution in [1.82, 2.24) is 10.2 Å². The topological polar surface area (TPSA) is 131 Å². The number of hydrogen-bond acceptors (Lipinski definition) is 6. The zero-order chi connectivity index (χ0) is 14.5. The van der Waals surface area contributed by atoms with Crippen molar-refractivity contribution < 1.29 is 19.1 Å². The van der Waals surface area contributed by atoms with Crippen LogP contribution in [-0.2, 0) is 9.59 Å². The van der Waals surface area contributed by atoms with Crippen LogP contribution in [0.2, 0.25) is 0 Å². The Labute approximate surface area is 113 Å². The van der Waals surface area contributed by atoms with Gasteiger partial charge < -0.3 is 20.6 Å². The predicted octanol–water partition coefficient (Wildman–Crippen LogP) is 0.477. The molecule has 1 aromatic carbocycles. The van der Waals surface area contributed by atoms with Gasteiger partial charge in [0.2, 0.25) is 18.2 Å². The maximum atomic E-state index is 11.7. The standard InChI is InChI=1S/C12H12N4O4/c13-9(5-10(17)18)11(19)15-8-3-1-2-7(4-8)12-16-14-6-20-12/h1-4,6,9H,5,13H2,(H,15,19)(H,17,18). The Morgan fingerprint density at radius 2 is 2.25 bits per heavy atom. The van der Waals surface area contributed by atoms with E-state index in [1.165, 1.54) is 6.39 Å². The van der Waals surface area contributed by atoms with Crippen LogP contribution in [-0.4, -0.2) is 33.2 Å². The van der Waals surface area contributed by atoms with E-state index in [1.54, 1.807) is 24.3 Å². The molecule has 1 heterocycles. The first-order valence-corrected chi connectivity index (χ1v) is 5.71. The summed E-state index contributed by atoms with van der Waals surface area (Å²) in [5.41, 5.74) is 6.56. The number of nitrogens with one attached hydrogen (secondary N) is 1. The fourth-order valence-corrected chi connectivity index (χ4v) is 1.54. The molecule has 0 aliphatic heterocycles. The number of rotatable bonds is 5. The molecule has 0 saturated carbocycles. The predicted molar refractivity (Wildman–Crippen MR) is 68.6 cm³/mol. The maximum absolute atomic E-state index is 11.7. The zero-order valence-corrected chi connectivity index (χ0v) is 10.3. The summed E-state index contributed by atoms with van der Waals surface area (Å²) in [4.78, 5) is 22.2. The third kappa shape index (κ3) is 3.39. The zero-order valence-electron chi connectivity index (χ0n) is 10.3. The molecule has 0 bridgehead atoms. The number of anilines is 1. The van der Waals surface area contributed by atoms with Crippen LogP contribution in [0.3, 0.4) is 0 Å². The van der Waals surface area contributed by atoms with Gasteiger partial charge in [-0.3, -0.25) is 9.59 Å². The summed E-state index contributed by atoms with van der Waals surface area (Å²) >= 11 is 0. The molecule has 2 rings (SSSR count). The maximum Gasteiger partial charge on any atom is 0.305 e. The Hall–Kier alpha value is -2.74. The van der Waals surface area contributed by atoms with Crippen molar-refractivity contribution in [2.24, 2.45) is 5.73 Å². The lowest BCUT2D eigenvalue weighted by Gasteiger charge is -2.10. The Morgan fingerprint density at radius 3 is 2.90 bits per heavy atom. The summed E-state index contributed by atoms with van der Waals surface area (Å²) in [6.45, 7) is 0. The summed E-state index contributed by atoms with van der Waals surface area (Å²) in [5, 5.41) is 18.4. The first-order chi connectivity index (χ1) is 9.56. The molecule has 1 aromatic heterocycles. The van der Waals surface area contributed by atoms with E-state index in [0.29, 0.717) is 17.1 Å². The number of benzene rings is 1. The molecule has 8 heteroatoms. The van der Waals surface area contributed by atoms with Crippen LogP contribution in [0.1, 0.15) is 6.42 Å². The van der Waals surface area contributed by atoms with Crippen molar-refractivity contribution in [2.75, 3.05) is 5.32 Å². The van der Waals surface area contributed by atoms with Crippen molar-refractivity contribution in [3.63, 3.8) is 0 Å². The Bertz CT molecular complexity index is 612. The van der Waals surface area contributed by atoms with Gasteiger partial charge in [0.1, 0.15) is 0 Å². The van der Waals surface area contributed by atoms with E-state index < -0.39 is 24.3 Å². The van der Waals surface area contributed by atoms with Gasteiger partial charge in [0.05, 0.1) is 12.5 Å². The van der Waals surface area contributed by atoms with Crippen molar-refractivity contribution in [1.29, 1.82) is 0 Å². The van der Waals surface area contributed by atoms with Crippen LogP contribution < -0.4 is 11.1 Å². The van der Waals surface area contributed by atoms with Crippen molar-refractivity contribution in [3.8, 4) is 11.5 Å². The third-order valence-electron chi connectivity index (χ3n) is 2.47. The summed E-state index contributed by atoms with van der Waals surface area (Å²) in [6.07, 6.45) is 0.762. The quantitative estimate of drug-likeness (QED) is 0.723. The lowest BCUT2D eigenvalue weighted by atomic mass is 10.1.